The first-order valence-electron chi connectivity index (χ1n) is 9.36. The van der Waals surface area contributed by atoms with Gasteiger partial charge in [-0.05, 0) is 37.5 Å². The summed E-state index contributed by atoms with van der Waals surface area (Å²) in [6.07, 6.45) is 5.84. The molecule has 27 heavy (non-hydrogen) atoms. The number of carbonyl (C=O) groups excluding carboxylic acids is 1. The fourth-order valence-electron chi connectivity index (χ4n) is 3.21. The van der Waals surface area contributed by atoms with E-state index in [1.54, 1.807) is 6.08 Å². The van der Waals surface area contributed by atoms with E-state index in [9.17, 15) is 10.1 Å². The highest BCUT2D eigenvalue weighted by molar-refractivity contribution is 6.02. The van der Waals surface area contributed by atoms with E-state index in [1.807, 2.05) is 61.5 Å². The second kappa shape index (κ2) is 9.05. The summed E-state index contributed by atoms with van der Waals surface area (Å²) in [5.41, 5.74) is 3.10. The molecule has 2 aromatic rings. The zero-order valence-electron chi connectivity index (χ0n) is 15.6. The van der Waals surface area contributed by atoms with Gasteiger partial charge in [-0.25, -0.2) is 0 Å². The Kier molecular flexibility index (Phi) is 6.27. The lowest BCUT2D eigenvalue weighted by Gasteiger charge is -2.12. The van der Waals surface area contributed by atoms with Gasteiger partial charge in [0, 0.05) is 11.6 Å². The van der Waals surface area contributed by atoms with Crippen molar-refractivity contribution in [3.63, 3.8) is 0 Å². The molecule has 0 radical (unpaired) electrons. The summed E-state index contributed by atoms with van der Waals surface area (Å²) in [7, 11) is 0. The molecule has 0 unspecified atom stereocenters. The summed E-state index contributed by atoms with van der Waals surface area (Å²) in [6, 6.07) is 17.8. The summed E-state index contributed by atoms with van der Waals surface area (Å²) in [6.45, 7) is 2.48. The van der Waals surface area contributed by atoms with Crippen LogP contribution in [-0.4, -0.2) is 11.9 Å². The van der Waals surface area contributed by atoms with Gasteiger partial charge in [0.1, 0.15) is 24.0 Å². The normalized spacial score (nSPS) is 14.6. The van der Waals surface area contributed by atoms with Gasteiger partial charge in [0.25, 0.3) is 5.91 Å². The number of para-hydroxylation sites is 1. The van der Waals surface area contributed by atoms with Crippen LogP contribution in [0.4, 0.5) is 0 Å². The van der Waals surface area contributed by atoms with E-state index in [2.05, 4.69) is 5.32 Å². The standard InChI is InChI=1S/C23H24N2O2/c1-17-10-12-18(13-11-17)16-27-22-9-5-2-6-19(22)14-20(15-24)23(26)25-21-7-3-4-8-21/h2,5-6,9-14,21H,3-4,7-8,16H2,1H3,(H,25,26)/b20-14-. The van der Waals surface area contributed by atoms with Crippen molar-refractivity contribution in [2.45, 2.75) is 45.3 Å². The molecule has 0 bridgehead atoms. The van der Waals surface area contributed by atoms with Crippen molar-refractivity contribution in [2.24, 2.45) is 0 Å². The molecular weight excluding hydrogens is 336 g/mol. The van der Waals surface area contributed by atoms with Crippen LogP contribution in [-0.2, 0) is 11.4 Å². The Labute approximate surface area is 160 Å². The molecule has 4 heteroatoms. The fourth-order valence-corrected chi connectivity index (χ4v) is 3.21. The summed E-state index contributed by atoms with van der Waals surface area (Å²) in [5.74, 6) is 0.345. The molecule has 0 heterocycles. The molecule has 3 rings (SSSR count). The van der Waals surface area contributed by atoms with Crippen LogP contribution in [0.5, 0.6) is 5.75 Å². The van der Waals surface area contributed by atoms with E-state index in [0.717, 1.165) is 36.8 Å². The van der Waals surface area contributed by atoms with E-state index in [1.165, 1.54) is 5.56 Å². The lowest BCUT2D eigenvalue weighted by molar-refractivity contribution is -0.117. The number of rotatable bonds is 6. The van der Waals surface area contributed by atoms with E-state index >= 15 is 0 Å². The minimum Gasteiger partial charge on any atom is -0.488 e. The van der Waals surface area contributed by atoms with Gasteiger partial charge in [-0.15, -0.1) is 0 Å². The number of hydrogen-bond donors (Lipinski definition) is 1. The molecule has 0 aromatic heterocycles. The van der Waals surface area contributed by atoms with Crippen molar-refractivity contribution in [2.75, 3.05) is 0 Å². The molecule has 0 saturated heterocycles. The number of nitrogens with zero attached hydrogens (tertiary/aromatic N) is 1. The molecule has 1 fully saturated rings. The van der Waals surface area contributed by atoms with Crippen molar-refractivity contribution in [1.82, 2.24) is 5.32 Å². The molecule has 1 saturated carbocycles. The van der Waals surface area contributed by atoms with E-state index in [-0.39, 0.29) is 17.5 Å². The molecule has 1 N–H and O–H groups in total. The number of ether oxygens (including phenoxy) is 1. The van der Waals surface area contributed by atoms with Gasteiger partial charge in [-0.1, -0.05) is 60.9 Å². The topological polar surface area (TPSA) is 62.1 Å². The van der Waals surface area contributed by atoms with Crippen molar-refractivity contribution >= 4 is 12.0 Å². The Morgan fingerprint density at radius 1 is 1.19 bits per heavy atom. The second-order valence-corrected chi connectivity index (χ2v) is 6.94. The number of amides is 1. The minimum atomic E-state index is -0.308. The van der Waals surface area contributed by atoms with Crippen LogP contribution in [0.2, 0.25) is 0 Å². The van der Waals surface area contributed by atoms with Crippen LogP contribution in [0.3, 0.4) is 0 Å². The second-order valence-electron chi connectivity index (χ2n) is 6.94. The van der Waals surface area contributed by atoms with E-state index in [0.29, 0.717) is 12.4 Å². The lowest BCUT2D eigenvalue weighted by Crippen LogP contribution is -2.33. The third-order valence-electron chi connectivity index (χ3n) is 4.79. The lowest BCUT2D eigenvalue weighted by atomic mass is 10.1. The zero-order chi connectivity index (χ0) is 19.1. The molecule has 0 spiro atoms. The third kappa shape index (κ3) is 5.21. The van der Waals surface area contributed by atoms with E-state index < -0.39 is 0 Å². The average molecular weight is 360 g/mol. The first kappa shape index (κ1) is 18.7. The number of carbonyl (C=O) groups is 1. The molecule has 1 aliphatic rings. The average Bonchev–Trinajstić information content (AvgIpc) is 3.19. The summed E-state index contributed by atoms with van der Waals surface area (Å²) < 4.78 is 5.94. The summed E-state index contributed by atoms with van der Waals surface area (Å²) >= 11 is 0. The number of nitriles is 1. The van der Waals surface area contributed by atoms with Gasteiger partial charge in [-0.2, -0.15) is 5.26 Å². The highest BCUT2D eigenvalue weighted by Crippen LogP contribution is 2.23. The number of nitrogens with one attached hydrogen (secondary N) is 1. The zero-order valence-corrected chi connectivity index (χ0v) is 15.6. The number of hydrogen-bond acceptors (Lipinski definition) is 3. The van der Waals surface area contributed by atoms with Gasteiger partial charge >= 0.3 is 0 Å². The number of benzene rings is 2. The third-order valence-corrected chi connectivity index (χ3v) is 4.79. The number of aryl methyl sites for hydroxylation is 1. The monoisotopic (exact) mass is 360 g/mol. The largest absolute Gasteiger partial charge is 0.488 e. The van der Waals surface area contributed by atoms with Crippen LogP contribution < -0.4 is 10.1 Å². The summed E-state index contributed by atoms with van der Waals surface area (Å²) in [4.78, 5) is 12.4. The van der Waals surface area contributed by atoms with Gasteiger partial charge in [0.05, 0.1) is 0 Å². The minimum absolute atomic E-state index is 0.105. The highest BCUT2D eigenvalue weighted by atomic mass is 16.5. The van der Waals surface area contributed by atoms with Crippen LogP contribution in [0.1, 0.15) is 42.4 Å². The van der Waals surface area contributed by atoms with Crippen LogP contribution >= 0.6 is 0 Å². The Morgan fingerprint density at radius 3 is 2.59 bits per heavy atom. The van der Waals surface area contributed by atoms with Gasteiger partial charge in [0.2, 0.25) is 0 Å². The van der Waals surface area contributed by atoms with Crippen molar-refractivity contribution in [3.8, 4) is 11.8 Å². The Balaban J connectivity index is 1.72. The van der Waals surface area contributed by atoms with Crippen LogP contribution in [0.25, 0.3) is 6.08 Å². The first-order valence-corrected chi connectivity index (χ1v) is 9.36. The van der Waals surface area contributed by atoms with Crippen molar-refractivity contribution in [1.29, 1.82) is 5.26 Å². The quantitative estimate of drug-likeness (QED) is 0.608. The molecular formula is C23H24N2O2. The molecule has 4 nitrogen and oxygen atoms in total. The van der Waals surface area contributed by atoms with Gasteiger partial charge < -0.3 is 10.1 Å². The van der Waals surface area contributed by atoms with Gasteiger partial charge in [-0.3, -0.25) is 4.79 Å². The molecule has 2 aromatic carbocycles. The van der Waals surface area contributed by atoms with Gasteiger partial charge in [0.15, 0.2) is 0 Å². The van der Waals surface area contributed by atoms with E-state index in [4.69, 9.17) is 4.74 Å². The maximum absolute atomic E-state index is 12.4. The van der Waals surface area contributed by atoms with Crippen LogP contribution in [0.15, 0.2) is 54.1 Å². The molecule has 1 amide bonds. The first-order chi connectivity index (χ1) is 13.2. The van der Waals surface area contributed by atoms with Crippen LogP contribution in [0, 0.1) is 18.3 Å². The maximum atomic E-state index is 12.4. The fraction of sp³-hybridized carbons (Fsp3) is 0.304. The van der Waals surface area contributed by atoms with Crippen molar-refractivity contribution in [3.05, 3.63) is 70.8 Å². The Hall–Kier alpha value is -3.06. The SMILES string of the molecule is Cc1ccc(COc2ccccc2/C=C(/C#N)C(=O)NC2CCCC2)cc1. The van der Waals surface area contributed by atoms with Crippen molar-refractivity contribution < 1.29 is 9.53 Å². The smallest absolute Gasteiger partial charge is 0.262 e. The Morgan fingerprint density at radius 2 is 1.89 bits per heavy atom. The predicted octanol–water partition coefficient (Wildman–Crippen LogP) is 4.54. The maximum Gasteiger partial charge on any atom is 0.262 e. The molecule has 0 aliphatic heterocycles. The highest BCUT2D eigenvalue weighted by Gasteiger charge is 2.19. The summed E-state index contributed by atoms with van der Waals surface area (Å²) in [5, 5.41) is 12.4. The molecule has 1 aliphatic carbocycles. The molecule has 0 atom stereocenters. The molecule has 138 valence electrons. The Bertz CT molecular complexity index is 857. The predicted molar refractivity (Wildman–Crippen MR) is 106 cm³/mol.